The van der Waals surface area contributed by atoms with Crippen LogP contribution >= 0.6 is 15.9 Å². The van der Waals surface area contributed by atoms with Crippen molar-refractivity contribution < 1.29 is 4.52 Å². The zero-order valence-electron chi connectivity index (χ0n) is 6.73. The summed E-state index contributed by atoms with van der Waals surface area (Å²) in [5.74, 6) is 1.04. The van der Waals surface area contributed by atoms with Gasteiger partial charge in [-0.05, 0) is 22.9 Å². The van der Waals surface area contributed by atoms with E-state index < -0.39 is 0 Å². The zero-order valence-corrected chi connectivity index (χ0v) is 8.32. The Balaban J connectivity index is 2.52. The molecule has 2 aromatic heterocycles. The molecule has 5 nitrogen and oxygen atoms in total. The normalized spacial score (nSPS) is 10.3. The lowest BCUT2D eigenvalue weighted by molar-refractivity contribution is 0.425. The molecule has 0 saturated carbocycles. The number of aromatic nitrogens is 4. The standard InChI is InChI=1S/C7H5BrN4O/c1-4-11-7(13-12-4)5-2-9-10-3-6(5)8/h2-3H,1H3. The number of halogens is 1. The predicted octanol–water partition coefficient (Wildman–Crippen LogP) is 1.60. The molecular weight excluding hydrogens is 236 g/mol. The van der Waals surface area contributed by atoms with Crippen molar-refractivity contribution in [2.45, 2.75) is 6.92 Å². The Kier molecular flexibility index (Phi) is 2.05. The van der Waals surface area contributed by atoms with Crippen LogP contribution in [0, 0.1) is 6.92 Å². The molecule has 0 aliphatic rings. The Morgan fingerprint density at radius 2 is 2.08 bits per heavy atom. The van der Waals surface area contributed by atoms with Gasteiger partial charge in [0.05, 0.1) is 22.4 Å². The largest absolute Gasteiger partial charge is 0.334 e. The number of aryl methyl sites for hydroxylation is 1. The van der Waals surface area contributed by atoms with Crippen molar-refractivity contribution in [2.24, 2.45) is 0 Å². The maximum atomic E-state index is 4.97. The summed E-state index contributed by atoms with van der Waals surface area (Å²) in [6.07, 6.45) is 3.14. The molecule has 0 bridgehead atoms. The second kappa shape index (κ2) is 3.21. The van der Waals surface area contributed by atoms with E-state index in [1.807, 2.05) is 0 Å². The molecule has 2 aromatic rings. The van der Waals surface area contributed by atoms with Gasteiger partial charge in [0.15, 0.2) is 5.82 Å². The van der Waals surface area contributed by atoms with E-state index in [2.05, 4.69) is 36.3 Å². The third kappa shape index (κ3) is 1.57. The first-order chi connectivity index (χ1) is 6.27. The Bertz CT molecular complexity index is 428. The first-order valence-electron chi connectivity index (χ1n) is 3.54. The molecule has 0 aromatic carbocycles. The van der Waals surface area contributed by atoms with Crippen LogP contribution in [0.25, 0.3) is 11.5 Å². The van der Waals surface area contributed by atoms with E-state index in [4.69, 9.17) is 4.52 Å². The number of nitrogens with zero attached hydrogens (tertiary/aromatic N) is 4. The van der Waals surface area contributed by atoms with Gasteiger partial charge in [-0.25, -0.2) is 0 Å². The van der Waals surface area contributed by atoms with Crippen LogP contribution in [-0.2, 0) is 0 Å². The highest BCUT2D eigenvalue weighted by Gasteiger charge is 2.09. The monoisotopic (exact) mass is 240 g/mol. The highest BCUT2D eigenvalue weighted by molar-refractivity contribution is 9.10. The van der Waals surface area contributed by atoms with Gasteiger partial charge in [0.25, 0.3) is 5.89 Å². The van der Waals surface area contributed by atoms with Crippen molar-refractivity contribution in [3.63, 3.8) is 0 Å². The minimum atomic E-state index is 0.444. The highest BCUT2D eigenvalue weighted by atomic mass is 79.9. The average molecular weight is 241 g/mol. The smallest absolute Gasteiger partial charge is 0.260 e. The van der Waals surface area contributed by atoms with Gasteiger partial charge >= 0.3 is 0 Å². The molecule has 0 radical (unpaired) electrons. The molecule has 66 valence electrons. The van der Waals surface area contributed by atoms with Gasteiger partial charge in [-0.15, -0.1) is 0 Å². The molecule has 0 atom stereocenters. The molecule has 13 heavy (non-hydrogen) atoms. The quantitative estimate of drug-likeness (QED) is 0.758. The van der Waals surface area contributed by atoms with Crippen LogP contribution in [0.2, 0.25) is 0 Å². The average Bonchev–Trinajstić information content (AvgIpc) is 2.53. The van der Waals surface area contributed by atoms with Gasteiger partial charge in [0, 0.05) is 0 Å². The first kappa shape index (κ1) is 8.31. The molecule has 0 fully saturated rings. The van der Waals surface area contributed by atoms with E-state index in [1.54, 1.807) is 19.3 Å². The third-order valence-electron chi connectivity index (χ3n) is 1.44. The summed E-state index contributed by atoms with van der Waals surface area (Å²) < 4.78 is 5.76. The van der Waals surface area contributed by atoms with Crippen molar-refractivity contribution in [1.82, 2.24) is 20.3 Å². The Morgan fingerprint density at radius 3 is 2.69 bits per heavy atom. The van der Waals surface area contributed by atoms with Crippen molar-refractivity contribution in [3.8, 4) is 11.5 Å². The molecule has 6 heteroatoms. The molecular formula is C7H5BrN4O. The van der Waals surface area contributed by atoms with Crippen LogP contribution in [0.4, 0.5) is 0 Å². The SMILES string of the molecule is Cc1noc(-c2cnncc2Br)n1. The maximum absolute atomic E-state index is 4.97. The zero-order chi connectivity index (χ0) is 9.26. The van der Waals surface area contributed by atoms with Crippen molar-refractivity contribution in [1.29, 1.82) is 0 Å². The van der Waals surface area contributed by atoms with Crippen molar-refractivity contribution in [3.05, 3.63) is 22.7 Å². The fourth-order valence-corrected chi connectivity index (χ4v) is 1.23. The summed E-state index contributed by atoms with van der Waals surface area (Å²) in [5, 5.41) is 11.1. The summed E-state index contributed by atoms with van der Waals surface area (Å²) in [7, 11) is 0. The molecule has 0 amide bonds. The molecule has 0 unspecified atom stereocenters. The Hall–Kier alpha value is -1.30. The second-order valence-corrected chi connectivity index (χ2v) is 3.25. The number of hydrogen-bond acceptors (Lipinski definition) is 5. The van der Waals surface area contributed by atoms with E-state index in [1.165, 1.54) is 0 Å². The van der Waals surface area contributed by atoms with Crippen LogP contribution in [0.1, 0.15) is 5.82 Å². The second-order valence-electron chi connectivity index (χ2n) is 2.40. The van der Waals surface area contributed by atoms with E-state index >= 15 is 0 Å². The summed E-state index contributed by atoms with van der Waals surface area (Å²) in [4.78, 5) is 4.07. The minimum Gasteiger partial charge on any atom is -0.334 e. The van der Waals surface area contributed by atoms with Crippen LogP contribution < -0.4 is 0 Å². The van der Waals surface area contributed by atoms with E-state index in [0.29, 0.717) is 11.7 Å². The molecule has 0 aliphatic heterocycles. The lowest BCUT2D eigenvalue weighted by Crippen LogP contribution is -1.85. The van der Waals surface area contributed by atoms with E-state index in [0.717, 1.165) is 10.0 Å². The van der Waals surface area contributed by atoms with Crippen LogP contribution in [0.15, 0.2) is 21.4 Å². The fraction of sp³-hybridized carbons (Fsp3) is 0.143. The van der Waals surface area contributed by atoms with E-state index in [9.17, 15) is 0 Å². The molecule has 0 spiro atoms. The van der Waals surface area contributed by atoms with Crippen LogP contribution in [-0.4, -0.2) is 20.3 Å². The van der Waals surface area contributed by atoms with Gasteiger partial charge in [-0.1, -0.05) is 5.16 Å². The molecule has 2 heterocycles. The maximum Gasteiger partial charge on any atom is 0.260 e. The fourth-order valence-electron chi connectivity index (χ4n) is 0.870. The first-order valence-corrected chi connectivity index (χ1v) is 4.33. The van der Waals surface area contributed by atoms with Gasteiger partial charge in [-0.2, -0.15) is 15.2 Å². The lowest BCUT2D eigenvalue weighted by atomic mass is 10.3. The lowest BCUT2D eigenvalue weighted by Gasteiger charge is -1.93. The minimum absolute atomic E-state index is 0.444. The topological polar surface area (TPSA) is 64.7 Å². The van der Waals surface area contributed by atoms with Crippen molar-refractivity contribution >= 4 is 15.9 Å². The van der Waals surface area contributed by atoms with E-state index in [-0.39, 0.29) is 0 Å². The van der Waals surface area contributed by atoms with Crippen LogP contribution in [0.5, 0.6) is 0 Å². The summed E-state index contributed by atoms with van der Waals surface area (Å²) in [6, 6.07) is 0. The van der Waals surface area contributed by atoms with Gasteiger partial charge < -0.3 is 4.52 Å². The van der Waals surface area contributed by atoms with Gasteiger partial charge in [0.1, 0.15) is 0 Å². The molecule has 0 saturated heterocycles. The van der Waals surface area contributed by atoms with Crippen LogP contribution in [0.3, 0.4) is 0 Å². The molecule has 0 aliphatic carbocycles. The van der Waals surface area contributed by atoms with Crippen molar-refractivity contribution in [2.75, 3.05) is 0 Å². The number of hydrogen-bond donors (Lipinski definition) is 0. The summed E-state index contributed by atoms with van der Waals surface area (Å²) in [6.45, 7) is 1.76. The highest BCUT2D eigenvalue weighted by Crippen LogP contribution is 2.24. The Morgan fingerprint density at radius 1 is 1.31 bits per heavy atom. The number of rotatable bonds is 1. The Labute approximate surface area is 82.3 Å². The molecule has 2 rings (SSSR count). The van der Waals surface area contributed by atoms with Gasteiger partial charge in [0.2, 0.25) is 0 Å². The molecule has 0 N–H and O–H groups in total. The predicted molar refractivity (Wildman–Crippen MR) is 47.8 cm³/mol. The summed E-state index contributed by atoms with van der Waals surface area (Å²) >= 11 is 3.31. The summed E-state index contributed by atoms with van der Waals surface area (Å²) in [5.41, 5.74) is 0.746. The third-order valence-corrected chi connectivity index (χ3v) is 2.07. The van der Waals surface area contributed by atoms with Gasteiger partial charge in [-0.3, -0.25) is 0 Å².